The molecule has 0 unspecified atom stereocenters. The highest BCUT2D eigenvalue weighted by molar-refractivity contribution is 6.99. The van der Waals surface area contributed by atoms with E-state index in [-0.39, 0.29) is 5.04 Å². The monoisotopic (exact) mass is 452 g/mol. The number of amides is 1. The van der Waals surface area contributed by atoms with Crippen LogP contribution in [-0.4, -0.2) is 68.1 Å². The maximum absolute atomic E-state index is 11.1. The van der Waals surface area contributed by atoms with Crippen LogP contribution >= 0.6 is 0 Å². The third-order valence-electron chi connectivity index (χ3n) is 7.25. The molecule has 5 nitrogen and oxygen atoms in total. The van der Waals surface area contributed by atoms with Crippen LogP contribution in [0, 0.1) is 5.92 Å². The van der Waals surface area contributed by atoms with Gasteiger partial charge in [-0.05, 0) is 47.3 Å². The number of hydrogen-bond donors (Lipinski definition) is 1. The number of piperidine rings is 1. The van der Waals surface area contributed by atoms with Gasteiger partial charge in [0.05, 0.1) is 0 Å². The molecule has 1 amide bonds. The first-order valence-corrected chi connectivity index (χ1v) is 13.7. The highest BCUT2D eigenvalue weighted by Crippen LogP contribution is 2.37. The fourth-order valence-electron chi connectivity index (χ4n) is 5.33. The third kappa shape index (κ3) is 4.49. The number of rotatable bonds is 6. The van der Waals surface area contributed by atoms with Crippen molar-refractivity contribution < 1.29 is 14.3 Å². The van der Waals surface area contributed by atoms with E-state index >= 15 is 0 Å². The Morgan fingerprint density at radius 3 is 1.91 bits per heavy atom. The lowest BCUT2D eigenvalue weighted by Gasteiger charge is -2.47. The summed E-state index contributed by atoms with van der Waals surface area (Å²) in [5, 5.41) is 11.8. The van der Waals surface area contributed by atoms with Gasteiger partial charge in [-0.2, -0.15) is 0 Å². The smallest absolute Gasteiger partial charge is 0.407 e. The molecule has 2 aliphatic heterocycles. The minimum absolute atomic E-state index is 0.00261. The predicted octanol–water partition coefficient (Wildman–Crippen LogP) is 3.64. The topological polar surface area (TPSA) is 53.0 Å². The fourth-order valence-corrected chi connectivity index (χ4v) is 9.97. The van der Waals surface area contributed by atoms with Crippen LogP contribution in [0.4, 0.5) is 4.79 Å². The van der Waals surface area contributed by atoms with Gasteiger partial charge in [-0.25, -0.2) is 4.79 Å². The summed E-state index contributed by atoms with van der Waals surface area (Å²) in [6.45, 7) is 11.1. The Bertz CT molecular complexity index is 847. The van der Waals surface area contributed by atoms with Gasteiger partial charge >= 0.3 is 6.09 Å². The zero-order valence-electron chi connectivity index (χ0n) is 19.5. The van der Waals surface area contributed by atoms with E-state index in [9.17, 15) is 4.79 Å². The normalized spacial score (nSPS) is 19.0. The van der Waals surface area contributed by atoms with Crippen LogP contribution in [0.3, 0.4) is 0 Å². The van der Waals surface area contributed by atoms with E-state index < -0.39 is 14.4 Å². The number of carboxylic acid groups (broad SMARTS) is 1. The molecule has 1 N–H and O–H groups in total. The molecule has 2 aromatic rings. The van der Waals surface area contributed by atoms with Crippen molar-refractivity contribution in [3.8, 4) is 0 Å². The molecule has 4 rings (SSSR count). The molecular formula is C26H36N2O3Si. The summed E-state index contributed by atoms with van der Waals surface area (Å²) in [6, 6.07) is 22.1. The van der Waals surface area contributed by atoms with Gasteiger partial charge in [0.2, 0.25) is 0 Å². The quantitative estimate of drug-likeness (QED) is 0.680. The van der Waals surface area contributed by atoms with Gasteiger partial charge < -0.3 is 14.4 Å². The SMILES string of the molecule is CC(C)(C)[Si](OCC1CCN(C2CN(C(=O)O)C2)CC1)(c1ccccc1)c1ccccc1. The second-order valence-corrected chi connectivity index (χ2v) is 14.6. The predicted molar refractivity (Wildman–Crippen MR) is 131 cm³/mol. The highest BCUT2D eigenvalue weighted by atomic mass is 28.4. The van der Waals surface area contributed by atoms with Gasteiger partial charge in [-0.3, -0.25) is 4.90 Å². The van der Waals surface area contributed by atoms with Crippen molar-refractivity contribution in [1.29, 1.82) is 0 Å². The van der Waals surface area contributed by atoms with E-state index in [1.54, 1.807) is 0 Å². The van der Waals surface area contributed by atoms with Gasteiger partial charge in [0.1, 0.15) is 0 Å². The van der Waals surface area contributed by atoms with Crippen LogP contribution in [0.1, 0.15) is 33.6 Å². The number of benzene rings is 2. The maximum atomic E-state index is 11.1. The molecular weight excluding hydrogens is 416 g/mol. The van der Waals surface area contributed by atoms with Crippen molar-refractivity contribution in [2.45, 2.75) is 44.7 Å². The molecule has 2 heterocycles. The Balaban J connectivity index is 1.47. The summed E-state index contributed by atoms with van der Waals surface area (Å²) in [6.07, 6.45) is 1.43. The minimum Gasteiger partial charge on any atom is -0.465 e. The molecule has 2 aliphatic rings. The molecule has 0 bridgehead atoms. The van der Waals surface area contributed by atoms with Gasteiger partial charge in [-0.1, -0.05) is 81.4 Å². The molecule has 6 heteroatoms. The van der Waals surface area contributed by atoms with Crippen molar-refractivity contribution >= 4 is 24.8 Å². The van der Waals surface area contributed by atoms with Gasteiger partial charge in [0, 0.05) is 25.7 Å². The average Bonchev–Trinajstić information content (AvgIpc) is 2.74. The van der Waals surface area contributed by atoms with Gasteiger partial charge in [-0.15, -0.1) is 0 Å². The average molecular weight is 453 g/mol. The maximum Gasteiger partial charge on any atom is 0.407 e. The summed E-state index contributed by atoms with van der Waals surface area (Å²) in [4.78, 5) is 15.0. The summed E-state index contributed by atoms with van der Waals surface area (Å²) in [5.74, 6) is 0.545. The molecule has 0 aromatic heterocycles. The first-order chi connectivity index (χ1) is 15.3. The van der Waals surface area contributed by atoms with Crippen molar-refractivity contribution in [2.24, 2.45) is 5.92 Å². The standard InChI is InChI=1S/C26H36N2O3Si/c1-26(2,3)32(23-10-6-4-7-11-23,24-12-8-5-9-13-24)31-20-21-14-16-27(17-15-21)22-18-28(19-22)25(29)30/h4-13,21-22H,14-20H2,1-3H3,(H,29,30). The molecule has 2 fully saturated rings. The Kier molecular flexibility index (Phi) is 6.74. The number of carbonyl (C=O) groups is 1. The van der Waals surface area contributed by atoms with Crippen LogP contribution in [-0.2, 0) is 4.43 Å². The van der Waals surface area contributed by atoms with Crippen LogP contribution in [0.15, 0.2) is 60.7 Å². The highest BCUT2D eigenvalue weighted by Gasteiger charge is 2.50. The largest absolute Gasteiger partial charge is 0.465 e. The van der Waals surface area contributed by atoms with Crippen LogP contribution in [0.25, 0.3) is 0 Å². The first kappa shape index (κ1) is 23.0. The Morgan fingerprint density at radius 2 is 1.47 bits per heavy atom. The molecule has 2 saturated heterocycles. The van der Waals surface area contributed by atoms with E-state index in [2.05, 4.69) is 86.3 Å². The van der Waals surface area contributed by atoms with Crippen molar-refractivity contribution in [1.82, 2.24) is 9.80 Å². The van der Waals surface area contributed by atoms with E-state index in [1.807, 2.05) is 0 Å². The molecule has 0 spiro atoms. The van der Waals surface area contributed by atoms with E-state index in [0.717, 1.165) is 32.5 Å². The second kappa shape index (κ2) is 9.38. The molecule has 0 saturated carbocycles. The molecule has 0 aliphatic carbocycles. The molecule has 172 valence electrons. The molecule has 0 atom stereocenters. The van der Waals surface area contributed by atoms with Crippen LogP contribution in [0.5, 0.6) is 0 Å². The Labute approximate surface area is 193 Å². The number of nitrogens with zero attached hydrogens (tertiary/aromatic N) is 2. The van der Waals surface area contributed by atoms with Crippen LogP contribution in [0.2, 0.25) is 5.04 Å². The zero-order chi connectivity index (χ0) is 22.8. The minimum atomic E-state index is -2.48. The molecule has 2 aromatic carbocycles. The fraction of sp³-hybridized carbons (Fsp3) is 0.500. The Hall–Kier alpha value is -2.15. The van der Waals surface area contributed by atoms with Crippen molar-refractivity contribution in [3.63, 3.8) is 0 Å². The van der Waals surface area contributed by atoms with E-state index in [0.29, 0.717) is 25.0 Å². The van der Waals surface area contributed by atoms with Crippen LogP contribution < -0.4 is 10.4 Å². The van der Waals surface area contributed by atoms with Crippen molar-refractivity contribution in [2.75, 3.05) is 32.8 Å². The van der Waals surface area contributed by atoms with Gasteiger partial charge in [0.25, 0.3) is 8.32 Å². The molecule has 32 heavy (non-hydrogen) atoms. The number of hydrogen-bond acceptors (Lipinski definition) is 3. The second-order valence-electron chi connectivity index (χ2n) is 10.3. The molecule has 0 radical (unpaired) electrons. The third-order valence-corrected chi connectivity index (χ3v) is 12.3. The lowest BCUT2D eigenvalue weighted by molar-refractivity contribution is 0.0150. The lowest BCUT2D eigenvalue weighted by Crippen LogP contribution is -2.67. The Morgan fingerprint density at radius 1 is 0.969 bits per heavy atom. The first-order valence-electron chi connectivity index (χ1n) is 11.8. The summed E-state index contributed by atoms with van der Waals surface area (Å²) < 4.78 is 7.12. The van der Waals surface area contributed by atoms with Crippen molar-refractivity contribution in [3.05, 3.63) is 60.7 Å². The number of likely N-dealkylation sites (tertiary alicyclic amines) is 2. The summed E-state index contributed by atoms with van der Waals surface area (Å²) in [7, 11) is -2.48. The lowest BCUT2D eigenvalue weighted by atomic mass is 9.95. The summed E-state index contributed by atoms with van der Waals surface area (Å²) in [5.41, 5.74) is 0. The van der Waals surface area contributed by atoms with E-state index in [1.165, 1.54) is 15.3 Å². The zero-order valence-corrected chi connectivity index (χ0v) is 20.5. The van der Waals surface area contributed by atoms with Gasteiger partial charge in [0.15, 0.2) is 0 Å². The van der Waals surface area contributed by atoms with E-state index in [4.69, 9.17) is 9.53 Å². The summed E-state index contributed by atoms with van der Waals surface area (Å²) >= 11 is 0.